The molecule has 0 N–H and O–H groups in total. The second kappa shape index (κ2) is 6.99. The Kier molecular flexibility index (Phi) is 5.07. The Morgan fingerprint density at radius 3 is 2.46 bits per heavy atom. The average Bonchev–Trinajstić information content (AvgIpc) is 3.01. The molecule has 140 valence electrons. The largest absolute Gasteiger partial charge is 0.428 e. The number of benzene rings is 1. The smallest absolute Gasteiger partial charge is 0.315 e. The summed E-state index contributed by atoms with van der Waals surface area (Å²) in [5.74, 6) is -2.09. The van der Waals surface area contributed by atoms with Crippen molar-refractivity contribution in [2.75, 3.05) is 0 Å². The van der Waals surface area contributed by atoms with Crippen molar-refractivity contribution in [2.24, 2.45) is 17.8 Å². The topological polar surface area (TPSA) is 52.6 Å². The Bertz CT molecular complexity index is 718. The van der Waals surface area contributed by atoms with Crippen molar-refractivity contribution in [3.8, 4) is 0 Å². The van der Waals surface area contributed by atoms with E-state index in [9.17, 15) is 9.59 Å². The molecule has 2 aliphatic rings. The van der Waals surface area contributed by atoms with Crippen molar-refractivity contribution in [1.29, 1.82) is 0 Å². The number of carbonyl (C=O) groups is 2. The first-order chi connectivity index (χ1) is 12.2. The van der Waals surface area contributed by atoms with Crippen LogP contribution in [0, 0.1) is 17.8 Å². The maximum absolute atomic E-state index is 12.7. The van der Waals surface area contributed by atoms with Crippen LogP contribution in [-0.4, -0.2) is 23.6 Å². The number of ether oxygens (including phenoxy) is 2. The molecule has 0 spiro atoms. The molecule has 3 rings (SSSR count). The summed E-state index contributed by atoms with van der Waals surface area (Å²) in [4.78, 5) is 25.2. The molecule has 1 aromatic carbocycles. The first-order valence-corrected chi connectivity index (χ1v) is 9.46. The molecular weight excluding hydrogens is 328 g/mol. The summed E-state index contributed by atoms with van der Waals surface area (Å²) < 4.78 is 11.7. The van der Waals surface area contributed by atoms with Crippen molar-refractivity contribution in [3.63, 3.8) is 0 Å². The van der Waals surface area contributed by atoms with Crippen LogP contribution in [0.1, 0.15) is 51.7 Å². The Morgan fingerprint density at radius 1 is 1.19 bits per heavy atom. The zero-order chi connectivity index (χ0) is 19.1. The maximum Gasteiger partial charge on any atom is 0.315 e. The molecule has 26 heavy (non-hydrogen) atoms. The molecule has 1 fully saturated rings. The van der Waals surface area contributed by atoms with Crippen molar-refractivity contribution >= 4 is 11.8 Å². The van der Waals surface area contributed by atoms with Crippen LogP contribution in [0.5, 0.6) is 0 Å². The molecule has 0 aliphatic carbocycles. The van der Waals surface area contributed by atoms with Crippen LogP contribution in [-0.2, 0) is 25.5 Å². The minimum absolute atomic E-state index is 0.0738. The first-order valence-electron chi connectivity index (χ1n) is 9.46. The fourth-order valence-corrected chi connectivity index (χ4v) is 3.73. The SMILES string of the molecule is CC(C)Cc1ccc([C@H](C)C(=O)O[C@]23C=C[C@@H](O2)[C@@H](C)C(=O)[C@H]3C)cc1. The Morgan fingerprint density at radius 2 is 1.85 bits per heavy atom. The third-order valence-electron chi connectivity index (χ3n) is 5.55. The molecule has 0 amide bonds. The van der Waals surface area contributed by atoms with Crippen LogP contribution in [0.15, 0.2) is 36.4 Å². The van der Waals surface area contributed by atoms with Crippen LogP contribution in [0.2, 0.25) is 0 Å². The molecule has 0 aromatic heterocycles. The molecule has 4 nitrogen and oxygen atoms in total. The number of hydrogen-bond donors (Lipinski definition) is 0. The molecule has 1 aromatic rings. The average molecular weight is 356 g/mol. The van der Waals surface area contributed by atoms with Gasteiger partial charge in [-0.1, -0.05) is 51.1 Å². The van der Waals surface area contributed by atoms with Gasteiger partial charge in [0.15, 0.2) is 0 Å². The summed E-state index contributed by atoms with van der Waals surface area (Å²) in [5, 5.41) is 0. The van der Waals surface area contributed by atoms with E-state index in [1.807, 2.05) is 32.1 Å². The van der Waals surface area contributed by atoms with E-state index in [1.165, 1.54) is 5.56 Å². The molecule has 2 bridgehead atoms. The number of esters is 1. The first kappa shape index (κ1) is 18.8. The van der Waals surface area contributed by atoms with E-state index in [2.05, 4.69) is 26.0 Å². The van der Waals surface area contributed by atoms with Crippen LogP contribution >= 0.6 is 0 Å². The van der Waals surface area contributed by atoms with Gasteiger partial charge in [-0.3, -0.25) is 9.59 Å². The molecule has 2 aliphatic heterocycles. The zero-order valence-corrected chi connectivity index (χ0v) is 16.2. The summed E-state index contributed by atoms with van der Waals surface area (Å²) >= 11 is 0. The lowest BCUT2D eigenvalue weighted by molar-refractivity contribution is -0.246. The van der Waals surface area contributed by atoms with Gasteiger partial charge in [0.25, 0.3) is 0 Å². The second-order valence-electron chi connectivity index (χ2n) is 8.06. The lowest BCUT2D eigenvalue weighted by Crippen LogP contribution is -2.52. The Balaban J connectivity index is 1.72. The molecule has 1 saturated heterocycles. The van der Waals surface area contributed by atoms with Gasteiger partial charge in [0, 0.05) is 5.92 Å². The van der Waals surface area contributed by atoms with Crippen LogP contribution < -0.4 is 0 Å². The molecule has 0 unspecified atom stereocenters. The highest BCUT2D eigenvalue weighted by Crippen LogP contribution is 2.42. The highest BCUT2D eigenvalue weighted by Gasteiger charge is 2.55. The van der Waals surface area contributed by atoms with Gasteiger partial charge in [0.1, 0.15) is 5.78 Å². The number of carbonyl (C=O) groups excluding carboxylic acids is 2. The number of rotatable bonds is 5. The van der Waals surface area contributed by atoms with E-state index in [0.717, 1.165) is 12.0 Å². The predicted molar refractivity (Wildman–Crippen MR) is 99.6 cm³/mol. The van der Waals surface area contributed by atoms with Crippen molar-refractivity contribution in [2.45, 2.75) is 58.8 Å². The van der Waals surface area contributed by atoms with Crippen LogP contribution in [0.25, 0.3) is 0 Å². The van der Waals surface area contributed by atoms with Gasteiger partial charge in [-0.25, -0.2) is 0 Å². The number of Topliss-reactive ketones (excluding diaryl/α,β-unsaturated/α-hetero) is 1. The Hall–Kier alpha value is -1.94. The third kappa shape index (κ3) is 3.35. The lowest BCUT2D eigenvalue weighted by atomic mass is 9.86. The summed E-state index contributed by atoms with van der Waals surface area (Å²) in [6, 6.07) is 8.08. The van der Waals surface area contributed by atoms with Gasteiger partial charge in [0.2, 0.25) is 5.79 Å². The highest BCUT2D eigenvalue weighted by molar-refractivity contribution is 5.87. The zero-order valence-electron chi connectivity index (χ0n) is 16.2. The predicted octanol–water partition coefficient (Wildman–Crippen LogP) is 4.04. The number of ketones is 1. The summed E-state index contributed by atoms with van der Waals surface area (Å²) in [5.41, 5.74) is 2.16. The van der Waals surface area contributed by atoms with Gasteiger partial charge in [-0.2, -0.15) is 0 Å². The minimum Gasteiger partial charge on any atom is -0.428 e. The molecule has 2 heterocycles. The minimum atomic E-state index is -1.25. The third-order valence-corrected chi connectivity index (χ3v) is 5.55. The van der Waals surface area contributed by atoms with E-state index >= 15 is 0 Å². The van der Waals surface area contributed by atoms with Gasteiger partial charge < -0.3 is 9.47 Å². The summed E-state index contributed by atoms with van der Waals surface area (Å²) in [7, 11) is 0. The van der Waals surface area contributed by atoms with Gasteiger partial charge in [-0.05, 0) is 43.4 Å². The van der Waals surface area contributed by atoms with Gasteiger partial charge in [0.05, 0.1) is 17.9 Å². The molecule has 5 atom stereocenters. The molecular formula is C22H28O4. The molecule has 4 heteroatoms. The van der Waals surface area contributed by atoms with E-state index in [0.29, 0.717) is 5.92 Å². The standard InChI is InChI=1S/C22H28O4/c1-13(2)12-17-6-8-18(9-7-17)14(3)21(24)26-22-11-10-19(25-22)15(4)20(23)16(22)5/h6-11,13-16,19H,12H2,1-5H3/t14-,15+,16+,19+,22-/m0/s1. The van der Waals surface area contributed by atoms with E-state index in [4.69, 9.17) is 9.47 Å². The Labute approximate surface area is 155 Å². The normalized spacial score (nSPS) is 31.3. The number of fused-ring (bicyclic) bond motifs is 2. The van der Waals surface area contributed by atoms with Gasteiger partial charge in [-0.15, -0.1) is 0 Å². The van der Waals surface area contributed by atoms with Crippen LogP contribution in [0.4, 0.5) is 0 Å². The fourth-order valence-electron chi connectivity index (χ4n) is 3.73. The summed E-state index contributed by atoms with van der Waals surface area (Å²) in [6.45, 7) is 9.81. The lowest BCUT2D eigenvalue weighted by Gasteiger charge is -2.40. The van der Waals surface area contributed by atoms with E-state index in [1.54, 1.807) is 13.0 Å². The van der Waals surface area contributed by atoms with Crippen molar-refractivity contribution in [3.05, 3.63) is 47.5 Å². The summed E-state index contributed by atoms with van der Waals surface area (Å²) in [6.07, 6.45) is 4.28. The monoisotopic (exact) mass is 356 g/mol. The maximum atomic E-state index is 12.7. The van der Waals surface area contributed by atoms with Crippen molar-refractivity contribution in [1.82, 2.24) is 0 Å². The number of hydrogen-bond acceptors (Lipinski definition) is 4. The molecule has 0 radical (unpaired) electrons. The van der Waals surface area contributed by atoms with Crippen molar-refractivity contribution < 1.29 is 19.1 Å². The molecule has 0 saturated carbocycles. The van der Waals surface area contributed by atoms with Crippen LogP contribution in [0.3, 0.4) is 0 Å². The quantitative estimate of drug-likeness (QED) is 0.590. The van der Waals surface area contributed by atoms with Gasteiger partial charge >= 0.3 is 5.97 Å². The highest BCUT2D eigenvalue weighted by atomic mass is 16.7. The second-order valence-corrected chi connectivity index (χ2v) is 8.06. The van der Waals surface area contributed by atoms with E-state index in [-0.39, 0.29) is 23.8 Å². The fraction of sp³-hybridized carbons (Fsp3) is 0.545. The van der Waals surface area contributed by atoms with E-state index < -0.39 is 17.6 Å².